The third kappa shape index (κ3) is 16.2. The Morgan fingerprint density at radius 1 is 0.634 bits per heavy atom. The number of carbonyl (C=O) groups excluding carboxylic acids is 1. The lowest BCUT2D eigenvalue weighted by atomic mass is 9.90. The van der Waals surface area contributed by atoms with Crippen molar-refractivity contribution in [2.24, 2.45) is 0 Å². The van der Waals surface area contributed by atoms with Crippen molar-refractivity contribution in [3.63, 3.8) is 0 Å². The predicted molar refractivity (Wildman–Crippen MR) is 291 cm³/mol. The first-order valence-electron chi connectivity index (χ1n) is 23.1. The molecule has 0 radical (unpaired) electrons. The zero-order valence-electron chi connectivity index (χ0n) is 41.2. The van der Waals surface area contributed by atoms with Crippen LogP contribution in [0.3, 0.4) is 0 Å². The van der Waals surface area contributed by atoms with Gasteiger partial charge in [0.15, 0.2) is 0 Å². The Morgan fingerprint density at radius 2 is 1.06 bits per heavy atom. The number of piperidine rings is 2. The van der Waals surface area contributed by atoms with Gasteiger partial charge in [0.2, 0.25) is 20.0 Å². The Morgan fingerprint density at radius 3 is 1.46 bits per heavy atom. The molecule has 0 unspecified atom stereocenters. The van der Waals surface area contributed by atoms with E-state index >= 15 is 0 Å². The van der Waals surface area contributed by atoms with Crippen molar-refractivity contribution in [3.05, 3.63) is 129 Å². The summed E-state index contributed by atoms with van der Waals surface area (Å²) in [5.41, 5.74) is 8.73. The number of halogens is 2. The molecule has 380 valence electrons. The number of nitrogens with zero attached hydrogens (tertiary/aromatic N) is 3. The number of rotatable bonds is 10. The minimum atomic E-state index is -3.25. The van der Waals surface area contributed by atoms with E-state index < -0.39 is 26.0 Å². The summed E-state index contributed by atoms with van der Waals surface area (Å²) in [4.78, 5) is 37.1. The standard InChI is InChI=1S/C26H30ClN3O3S2.C20H18ClNO2S.C6H14N2O2S/c1-26(2,3)24-15-17(7-10-28-24)23-14-19(16-34-23)21-6-5-18(13-22(21)27)25(31)30-11-8-20(9-12-30)29-35(4,32)33;1-20(2,3)18-10-12(6-7-22-18)17-9-14(11-25-17)15-5-4-13(19(23)24)8-16(15)21;1-11(9,10)8-6-2-4-7-5-3-6/h5-7,10,13-16,20,29H,8-9,11-12H2,1-4H3;4-11H,1-3H3,(H,23,24);6-8H,2-5H2,1H3. The van der Waals surface area contributed by atoms with Crippen LogP contribution in [0.2, 0.25) is 10.0 Å². The summed E-state index contributed by atoms with van der Waals surface area (Å²) in [6, 6.07) is 22.7. The number of hydrogen-bond donors (Lipinski definition) is 4. The van der Waals surface area contributed by atoms with Crippen LogP contribution in [-0.4, -0.2) is 99.5 Å². The number of hydrogen-bond acceptors (Lipinski definition) is 11. The van der Waals surface area contributed by atoms with Crippen LogP contribution in [0.15, 0.2) is 96.0 Å². The molecule has 6 aromatic rings. The second-order valence-corrected chi connectivity index (χ2v) is 26.0. The number of nitrogens with one attached hydrogen (secondary N) is 3. The quantitative estimate of drug-likeness (QED) is 0.103. The van der Waals surface area contributed by atoms with Crippen molar-refractivity contribution >= 4 is 77.8 Å². The molecule has 6 heterocycles. The first kappa shape index (κ1) is 55.7. The highest BCUT2D eigenvalue weighted by atomic mass is 35.5. The molecule has 13 nitrogen and oxygen atoms in total. The van der Waals surface area contributed by atoms with E-state index in [2.05, 4.69) is 95.9 Å². The van der Waals surface area contributed by atoms with Gasteiger partial charge in [-0.15, -0.1) is 22.7 Å². The topological polar surface area (TPSA) is 188 Å². The normalized spacial score (nSPS) is 15.0. The molecule has 8 rings (SSSR count). The molecule has 1 amide bonds. The second-order valence-electron chi connectivity index (χ2n) is 19.8. The van der Waals surface area contributed by atoms with Gasteiger partial charge in [0.05, 0.1) is 18.1 Å². The van der Waals surface area contributed by atoms with Gasteiger partial charge in [-0.2, -0.15) is 0 Å². The van der Waals surface area contributed by atoms with Crippen LogP contribution in [0, 0.1) is 0 Å². The van der Waals surface area contributed by atoms with Crippen LogP contribution in [0.5, 0.6) is 0 Å². The number of sulfonamides is 2. The molecule has 0 aliphatic carbocycles. The fourth-order valence-corrected chi connectivity index (χ4v) is 12.0. The average molecular weight is 1080 g/mol. The molecule has 2 fully saturated rings. The van der Waals surface area contributed by atoms with Crippen molar-refractivity contribution in [1.82, 2.24) is 29.6 Å². The fourth-order valence-electron chi connectivity index (χ4n) is 7.94. The molecule has 2 aliphatic heterocycles. The van der Waals surface area contributed by atoms with Crippen LogP contribution in [0.25, 0.3) is 43.1 Å². The molecular weight excluding hydrogens is 1020 g/mol. The summed E-state index contributed by atoms with van der Waals surface area (Å²) in [5.74, 6) is -1.07. The third-order valence-electron chi connectivity index (χ3n) is 11.8. The van der Waals surface area contributed by atoms with Gasteiger partial charge < -0.3 is 15.3 Å². The SMILES string of the molecule is CC(C)(C)c1cc(-c2cc(-c3ccc(C(=O)N4CCC(NS(C)(=O)=O)CC4)cc3Cl)cs2)ccn1.CC(C)(C)c1cc(-c2cc(-c3ccc(C(=O)O)cc3Cl)cs2)ccn1.CS(=O)(=O)NC1CCNCC1. The third-order valence-corrected chi connectivity index (χ3v) is 15.9. The van der Waals surface area contributed by atoms with Crippen LogP contribution < -0.4 is 14.8 Å². The monoisotopic (exact) mass is 1080 g/mol. The van der Waals surface area contributed by atoms with E-state index in [-0.39, 0.29) is 34.4 Å². The first-order valence-corrected chi connectivity index (χ1v) is 29.4. The number of pyridine rings is 2. The summed E-state index contributed by atoms with van der Waals surface area (Å²) in [7, 11) is -6.25. The number of amides is 1. The van der Waals surface area contributed by atoms with E-state index in [0.717, 1.165) is 86.7 Å². The van der Waals surface area contributed by atoms with Gasteiger partial charge in [0.1, 0.15) is 0 Å². The predicted octanol–water partition coefficient (Wildman–Crippen LogP) is 11.0. The molecular formula is C52H62Cl2N6O7S4. The maximum absolute atomic E-state index is 13.0. The smallest absolute Gasteiger partial charge is 0.335 e. The van der Waals surface area contributed by atoms with Crippen molar-refractivity contribution < 1.29 is 31.5 Å². The Hall–Kier alpha value is -4.56. The van der Waals surface area contributed by atoms with E-state index in [4.69, 9.17) is 28.3 Å². The van der Waals surface area contributed by atoms with Crippen molar-refractivity contribution in [3.8, 4) is 43.1 Å². The molecule has 0 bridgehead atoms. The summed E-state index contributed by atoms with van der Waals surface area (Å²) >= 11 is 16.2. The highest BCUT2D eigenvalue weighted by Crippen LogP contribution is 2.39. The maximum Gasteiger partial charge on any atom is 0.335 e. The molecule has 2 aromatic carbocycles. The summed E-state index contributed by atoms with van der Waals surface area (Å²) in [6.45, 7) is 15.7. The molecule has 4 N–H and O–H groups in total. The fraction of sp³-hybridized carbons (Fsp3) is 0.385. The second kappa shape index (κ2) is 23.5. The lowest BCUT2D eigenvalue weighted by Crippen LogP contribution is -2.46. The average Bonchev–Trinajstić information content (AvgIpc) is 4.00. The lowest BCUT2D eigenvalue weighted by molar-refractivity contribution is 0.0692. The molecule has 71 heavy (non-hydrogen) atoms. The molecule has 2 saturated heterocycles. The molecule has 4 aromatic heterocycles. The molecule has 19 heteroatoms. The highest BCUT2D eigenvalue weighted by Gasteiger charge is 2.26. The number of thiophene rings is 2. The number of likely N-dealkylation sites (tertiary alicyclic amines) is 1. The van der Waals surface area contributed by atoms with Crippen molar-refractivity contribution in [2.75, 3.05) is 38.7 Å². The molecule has 0 saturated carbocycles. The van der Waals surface area contributed by atoms with Gasteiger partial charge >= 0.3 is 5.97 Å². The number of carboxylic acids is 1. The Balaban J connectivity index is 0.000000198. The number of carboxylic acid groups (broad SMARTS) is 1. The van der Waals surface area contributed by atoms with Crippen LogP contribution in [0.1, 0.15) is 99.3 Å². The summed E-state index contributed by atoms with van der Waals surface area (Å²) in [6.07, 6.45) is 9.02. The molecule has 0 atom stereocenters. The highest BCUT2D eigenvalue weighted by molar-refractivity contribution is 7.89. The minimum Gasteiger partial charge on any atom is -0.478 e. The maximum atomic E-state index is 13.0. The lowest BCUT2D eigenvalue weighted by Gasteiger charge is -2.32. The van der Waals surface area contributed by atoms with E-state index in [1.165, 1.54) is 12.3 Å². The van der Waals surface area contributed by atoms with Gasteiger partial charge in [0.25, 0.3) is 5.91 Å². The number of aromatic carboxylic acids is 1. The Bertz CT molecular complexity index is 3060. The van der Waals surface area contributed by atoms with Crippen LogP contribution in [-0.2, 0) is 30.9 Å². The zero-order valence-corrected chi connectivity index (χ0v) is 46.0. The first-order chi connectivity index (χ1) is 33.2. The molecule has 0 spiro atoms. The summed E-state index contributed by atoms with van der Waals surface area (Å²) < 4.78 is 49.7. The van der Waals surface area contributed by atoms with E-state index in [1.54, 1.807) is 45.8 Å². The van der Waals surface area contributed by atoms with Crippen LogP contribution in [0.4, 0.5) is 0 Å². The van der Waals surface area contributed by atoms with E-state index in [1.807, 2.05) is 42.0 Å². The largest absolute Gasteiger partial charge is 0.478 e. The number of aromatic nitrogens is 2. The van der Waals surface area contributed by atoms with E-state index in [9.17, 15) is 26.4 Å². The Kier molecular flexibility index (Phi) is 18.5. The van der Waals surface area contributed by atoms with Gasteiger partial charge in [-0.3, -0.25) is 14.8 Å². The summed E-state index contributed by atoms with van der Waals surface area (Å²) in [5, 5.41) is 17.3. The van der Waals surface area contributed by atoms with Crippen LogP contribution >= 0.6 is 45.9 Å². The van der Waals surface area contributed by atoms with Gasteiger partial charge in [-0.05, 0) is 132 Å². The number of benzene rings is 2. The Labute approximate surface area is 436 Å². The minimum absolute atomic E-state index is 0.00787. The van der Waals surface area contributed by atoms with Gasteiger partial charge in [-0.25, -0.2) is 31.1 Å². The molecule has 2 aliphatic rings. The van der Waals surface area contributed by atoms with Crippen molar-refractivity contribution in [2.45, 2.75) is 90.1 Å². The van der Waals surface area contributed by atoms with Gasteiger partial charge in [-0.1, -0.05) is 76.9 Å². The van der Waals surface area contributed by atoms with E-state index in [0.29, 0.717) is 41.5 Å². The van der Waals surface area contributed by atoms with Crippen molar-refractivity contribution in [1.29, 1.82) is 0 Å². The number of carbonyl (C=O) groups is 2. The zero-order chi connectivity index (χ0) is 51.9. The van der Waals surface area contributed by atoms with Gasteiger partial charge in [0, 0.05) is 96.3 Å².